The SMILES string of the molecule is CCCc1ncc(N)cc1C(=O)O. The topological polar surface area (TPSA) is 76.2 Å². The smallest absolute Gasteiger partial charge is 0.337 e. The number of anilines is 1. The molecule has 0 aliphatic carbocycles. The Morgan fingerprint density at radius 3 is 2.92 bits per heavy atom. The highest BCUT2D eigenvalue weighted by Crippen LogP contribution is 2.11. The number of nitrogens with zero attached hydrogens (tertiary/aromatic N) is 1. The highest BCUT2D eigenvalue weighted by atomic mass is 16.4. The van der Waals surface area contributed by atoms with Crippen molar-refractivity contribution in [2.45, 2.75) is 19.8 Å². The third-order valence-electron chi connectivity index (χ3n) is 1.71. The summed E-state index contributed by atoms with van der Waals surface area (Å²) in [6.45, 7) is 1.98. The number of aryl methyl sites for hydroxylation is 1. The fourth-order valence-corrected chi connectivity index (χ4v) is 1.13. The van der Waals surface area contributed by atoms with Crippen LogP contribution in [-0.4, -0.2) is 16.1 Å². The summed E-state index contributed by atoms with van der Waals surface area (Å²) in [6.07, 6.45) is 3.02. The van der Waals surface area contributed by atoms with Crippen LogP contribution < -0.4 is 5.73 Å². The fraction of sp³-hybridized carbons (Fsp3) is 0.333. The van der Waals surface area contributed by atoms with Crippen molar-refractivity contribution in [2.75, 3.05) is 5.73 Å². The van der Waals surface area contributed by atoms with Crippen LogP contribution in [-0.2, 0) is 6.42 Å². The van der Waals surface area contributed by atoms with E-state index in [0.29, 0.717) is 17.8 Å². The van der Waals surface area contributed by atoms with Crippen LogP contribution in [0.5, 0.6) is 0 Å². The Morgan fingerprint density at radius 2 is 2.38 bits per heavy atom. The van der Waals surface area contributed by atoms with E-state index in [1.807, 2.05) is 6.92 Å². The lowest BCUT2D eigenvalue weighted by atomic mass is 10.1. The van der Waals surface area contributed by atoms with Crippen molar-refractivity contribution >= 4 is 11.7 Å². The van der Waals surface area contributed by atoms with E-state index >= 15 is 0 Å². The molecule has 4 heteroatoms. The van der Waals surface area contributed by atoms with Crippen LogP contribution >= 0.6 is 0 Å². The van der Waals surface area contributed by atoms with Crippen LogP contribution in [0.3, 0.4) is 0 Å². The van der Waals surface area contributed by atoms with Gasteiger partial charge in [0, 0.05) is 0 Å². The minimum absolute atomic E-state index is 0.210. The molecule has 1 aromatic rings. The Labute approximate surface area is 76.4 Å². The van der Waals surface area contributed by atoms with Crippen molar-refractivity contribution in [1.82, 2.24) is 4.98 Å². The maximum absolute atomic E-state index is 10.8. The van der Waals surface area contributed by atoms with Crippen LogP contribution in [0.15, 0.2) is 12.3 Å². The van der Waals surface area contributed by atoms with Gasteiger partial charge in [-0.2, -0.15) is 0 Å². The average Bonchev–Trinajstić information content (AvgIpc) is 2.08. The third-order valence-corrected chi connectivity index (χ3v) is 1.71. The van der Waals surface area contributed by atoms with Gasteiger partial charge in [-0.1, -0.05) is 13.3 Å². The third kappa shape index (κ3) is 2.18. The van der Waals surface area contributed by atoms with Gasteiger partial charge in [0.1, 0.15) is 0 Å². The van der Waals surface area contributed by atoms with Crippen LogP contribution in [0.4, 0.5) is 5.69 Å². The molecule has 0 radical (unpaired) electrons. The number of aromatic carboxylic acids is 1. The number of carboxylic acids is 1. The van der Waals surface area contributed by atoms with Crippen LogP contribution in [0.2, 0.25) is 0 Å². The monoisotopic (exact) mass is 180 g/mol. The summed E-state index contributed by atoms with van der Waals surface area (Å²) >= 11 is 0. The lowest BCUT2D eigenvalue weighted by molar-refractivity contribution is 0.0695. The summed E-state index contributed by atoms with van der Waals surface area (Å²) in [7, 11) is 0. The minimum Gasteiger partial charge on any atom is -0.478 e. The van der Waals surface area contributed by atoms with Crippen molar-refractivity contribution in [3.63, 3.8) is 0 Å². The molecule has 0 saturated carbocycles. The molecular formula is C9H12N2O2. The van der Waals surface area contributed by atoms with Crippen LogP contribution in [0.1, 0.15) is 29.4 Å². The zero-order chi connectivity index (χ0) is 9.84. The number of nitrogens with two attached hydrogens (primary N) is 1. The van der Waals surface area contributed by atoms with Crippen LogP contribution in [0, 0.1) is 0 Å². The zero-order valence-corrected chi connectivity index (χ0v) is 7.45. The van der Waals surface area contributed by atoms with E-state index in [4.69, 9.17) is 10.8 Å². The van der Waals surface area contributed by atoms with E-state index in [1.54, 1.807) is 0 Å². The van der Waals surface area contributed by atoms with Gasteiger partial charge in [0.2, 0.25) is 0 Å². The number of carbonyl (C=O) groups is 1. The predicted octanol–water partition coefficient (Wildman–Crippen LogP) is 1.31. The van der Waals surface area contributed by atoms with Crippen molar-refractivity contribution in [2.24, 2.45) is 0 Å². The molecule has 1 heterocycles. The first-order valence-corrected chi connectivity index (χ1v) is 4.12. The molecule has 0 aliphatic heterocycles. The quantitative estimate of drug-likeness (QED) is 0.735. The summed E-state index contributed by atoms with van der Waals surface area (Å²) in [4.78, 5) is 14.7. The molecule has 0 aliphatic rings. The molecule has 0 bridgehead atoms. The summed E-state index contributed by atoms with van der Waals surface area (Å²) in [5.74, 6) is -0.969. The molecule has 13 heavy (non-hydrogen) atoms. The second-order valence-electron chi connectivity index (χ2n) is 2.82. The number of hydrogen-bond donors (Lipinski definition) is 2. The van der Waals surface area contributed by atoms with E-state index < -0.39 is 5.97 Å². The molecule has 4 nitrogen and oxygen atoms in total. The van der Waals surface area contributed by atoms with E-state index in [1.165, 1.54) is 12.3 Å². The molecule has 0 saturated heterocycles. The Morgan fingerprint density at radius 1 is 1.69 bits per heavy atom. The number of carboxylic acid groups (broad SMARTS) is 1. The lowest BCUT2D eigenvalue weighted by Gasteiger charge is -2.03. The molecule has 0 unspecified atom stereocenters. The van der Waals surface area contributed by atoms with E-state index in [-0.39, 0.29) is 5.56 Å². The molecule has 0 fully saturated rings. The van der Waals surface area contributed by atoms with Gasteiger partial charge >= 0.3 is 5.97 Å². The van der Waals surface area contributed by atoms with E-state index in [0.717, 1.165) is 6.42 Å². The Hall–Kier alpha value is -1.58. The first-order chi connectivity index (χ1) is 6.15. The molecule has 0 amide bonds. The van der Waals surface area contributed by atoms with Gasteiger partial charge in [-0.15, -0.1) is 0 Å². The number of rotatable bonds is 3. The maximum atomic E-state index is 10.8. The van der Waals surface area contributed by atoms with Crippen molar-refractivity contribution in [1.29, 1.82) is 0 Å². The summed E-state index contributed by atoms with van der Waals surface area (Å²) in [5, 5.41) is 8.82. The normalized spacial score (nSPS) is 9.92. The lowest BCUT2D eigenvalue weighted by Crippen LogP contribution is -2.06. The number of nitrogen functional groups attached to an aromatic ring is 1. The molecular weight excluding hydrogens is 168 g/mol. The highest BCUT2D eigenvalue weighted by molar-refractivity contribution is 5.89. The summed E-state index contributed by atoms with van der Waals surface area (Å²) in [6, 6.07) is 1.44. The van der Waals surface area contributed by atoms with Gasteiger partial charge in [0.15, 0.2) is 0 Å². The fourth-order valence-electron chi connectivity index (χ4n) is 1.13. The summed E-state index contributed by atoms with van der Waals surface area (Å²) < 4.78 is 0. The van der Waals surface area contributed by atoms with Crippen LogP contribution in [0.25, 0.3) is 0 Å². The predicted molar refractivity (Wildman–Crippen MR) is 49.6 cm³/mol. The van der Waals surface area contributed by atoms with Gasteiger partial charge in [-0.05, 0) is 12.5 Å². The van der Waals surface area contributed by atoms with Crippen molar-refractivity contribution in [3.05, 3.63) is 23.5 Å². The van der Waals surface area contributed by atoms with Crippen molar-refractivity contribution in [3.8, 4) is 0 Å². The largest absolute Gasteiger partial charge is 0.478 e. The zero-order valence-electron chi connectivity index (χ0n) is 7.45. The van der Waals surface area contributed by atoms with Gasteiger partial charge in [-0.3, -0.25) is 4.98 Å². The molecule has 0 spiro atoms. The van der Waals surface area contributed by atoms with Crippen molar-refractivity contribution < 1.29 is 9.90 Å². The molecule has 1 rings (SSSR count). The standard InChI is InChI=1S/C9H12N2O2/c1-2-3-8-7(9(12)13)4-6(10)5-11-8/h4-5H,2-3,10H2,1H3,(H,12,13). The minimum atomic E-state index is -0.969. The highest BCUT2D eigenvalue weighted by Gasteiger charge is 2.10. The molecule has 1 aromatic heterocycles. The number of pyridine rings is 1. The Balaban J connectivity index is 3.10. The second-order valence-corrected chi connectivity index (χ2v) is 2.82. The first kappa shape index (κ1) is 9.51. The molecule has 0 aromatic carbocycles. The van der Waals surface area contributed by atoms with Gasteiger partial charge < -0.3 is 10.8 Å². The van der Waals surface area contributed by atoms with Gasteiger partial charge in [-0.25, -0.2) is 4.79 Å². The van der Waals surface area contributed by atoms with Gasteiger partial charge in [0.05, 0.1) is 23.1 Å². The first-order valence-electron chi connectivity index (χ1n) is 4.12. The molecule has 70 valence electrons. The average molecular weight is 180 g/mol. The summed E-state index contributed by atoms with van der Waals surface area (Å²) in [5.41, 5.74) is 6.63. The number of aromatic nitrogens is 1. The second kappa shape index (κ2) is 3.89. The van der Waals surface area contributed by atoms with E-state index in [9.17, 15) is 4.79 Å². The molecule has 0 atom stereocenters. The Bertz CT molecular complexity index is 323. The van der Waals surface area contributed by atoms with Gasteiger partial charge in [0.25, 0.3) is 0 Å². The number of hydrogen-bond acceptors (Lipinski definition) is 3. The van der Waals surface area contributed by atoms with E-state index in [2.05, 4.69) is 4.98 Å². The Kier molecular flexibility index (Phi) is 2.84. The maximum Gasteiger partial charge on any atom is 0.337 e. The molecule has 3 N–H and O–H groups in total.